The lowest BCUT2D eigenvalue weighted by Crippen LogP contribution is -2.03. The zero-order valence-electron chi connectivity index (χ0n) is 16.4. The highest BCUT2D eigenvalue weighted by atomic mass is 35.5. The number of hydrogen-bond donors (Lipinski definition) is 1. The minimum atomic E-state index is 0.487. The predicted octanol–water partition coefficient (Wildman–Crippen LogP) is 4.56. The van der Waals surface area contributed by atoms with Crippen LogP contribution in [0.4, 0.5) is 11.8 Å². The monoisotopic (exact) mass is 450 g/mol. The summed E-state index contributed by atoms with van der Waals surface area (Å²) in [6.45, 7) is 0. The molecule has 0 spiro atoms. The van der Waals surface area contributed by atoms with Crippen molar-refractivity contribution in [1.82, 2.24) is 34.3 Å². The second-order valence-electron chi connectivity index (χ2n) is 6.90. The number of hydrogen-bond acceptors (Lipinski definition) is 6. The molecule has 1 aromatic carbocycles. The normalized spacial score (nSPS) is 11.2. The van der Waals surface area contributed by atoms with Gasteiger partial charge in [-0.1, -0.05) is 29.3 Å². The lowest BCUT2D eigenvalue weighted by Gasteiger charge is -2.07. The van der Waals surface area contributed by atoms with Gasteiger partial charge in [0, 0.05) is 47.5 Å². The molecule has 0 saturated heterocycles. The molecule has 0 amide bonds. The molecule has 0 fully saturated rings. The van der Waals surface area contributed by atoms with Gasteiger partial charge in [-0.05, 0) is 35.9 Å². The second kappa shape index (κ2) is 7.98. The van der Waals surface area contributed by atoms with Crippen molar-refractivity contribution >= 4 is 40.6 Å². The van der Waals surface area contributed by atoms with E-state index in [1.54, 1.807) is 23.1 Å². The van der Waals surface area contributed by atoms with Gasteiger partial charge in [-0.3, -0.25) is 9.08 Å². The van der Waals surface area contributed by atoms with Gasteiger partial charge in [-0.2, -0.15) is 5.10 Å². The Labute approximate surface area is 187 Å². The van der Waals surface area contributed by atoms with E-state index in [1.807, 2.05) is 54.0 Å². The Morgan fingerprint density at radius 3 is 2.71 bits per heavy atom. The van der Waals surface area contributed by atoms with Crippen molar-refractivity contribution in [2.24, 2.45) is 7.05 Å². The van der Waals surface area contributed by atoms with E-state index in [0.717, 1.165) is 34.1 Å². The maximum absolute atomic E-state index is 6.31. The van der Waals surface area contributed by atoms with Crippen molar-refractivity contribution in [1.29, 1.82) is 0 Å². The maximum atomic E-state index is 6.31. The van der Waals surface area contributed by atoms with Gasteiger partial charge >= 0.3 is 0 Å². The molecule has 0 unspecified atom stereocenters. The number of halogens is 2. The van der Waals surface area contributed by atoms with Crippen molar-refractivity contribution in [3.8, 4) is 11.3 Å². The van der Waals surface area contributed by atoms with Crippen molar-refractivity contribution < 1.29 is 0 Å². The van der Waals surface area contributed by atoms with E-state index >= 15 is 0 Å². The second-order valence-corrected chi connectivity index (χ2v) is 7.75. The van der Waals surface area contributed by atoms with Gasteiger partial charge < -0.3 is 5.32 Å². The molecular weight excluding hydrogens is 435 g/mol. The fourth-order valence-electron chi connectivity index (χ4n) is 3.25. The molecule has 31 heavy (non-hydrogen) atoms. The fraction of sp³-hybridized carbons (Fsp3) is 0.0952. The maximum Gasteiger partial charge on any atom is 0.228 e. The molecule has 10 heteroatoms. The number of nitrogens with one attached hydrogen (secondary N) is 1. The Morgan fingerprint density at radius 2 is 1.90 bits per heavy atom. The summed E-state index contributed by atoms with van der Waals surface area (Å²) in [5, 5.41) is 17.2. The van der Waals surface area contributed by atoms with E-state index in [4.69, 9.17) is 23.2 Å². The molecular formula is C21H16Cl2N8. The van der Waals surface area contributed by atoms with E-state index in [9.17, 15) is 0 Å². The molecule has 0 atom stereocenters. The van der Waals surface area contributed by atoms with Crippen molar-refractivity contribution in [3.63, 3.8) is 0 Å². The van der Waals surface area contributed by atoms with E-state index in [-0.39, 0.29) is 0 Å². The number of rotatable bonds is 5. The summed E-state index contributed by atoms with van der Waals surface area (Å²) in [5.41, 5.74) is 3.34. The molecule has 4 heterocycles. The molecule has 8 nitrogen and oxygen atoms in total. The number of anilines is 2. The van der Waals surface area contributed by atoms with Crippen LogP contribution in [0.2, 0.25) is 10.0 Å². The SMILES string of the molecule is Cn1nccc1Nc1nccc(-c2ccn3c(Cc4ccc(Cl)cc4Cl)nnc3c2)n1. The van der Waals surface area contributed by atoms with Crippen LogP contribution >= 0.6 is 23.2 Å². The highest BCUT2D eigenvalue weighted by Crippen LogP contribution is 2.25. The first kappa shape index (κ1) is 19.5. The van der Waals surface area contributed by atoms with Gasteiger partial charge in [0.05, 0.1) is 11.9 Å². The minimum absolute atomic E-state index is 0.487. The number of benzene rings is 1. The first-order valence-corrected chi connectivity index (χ1v) is 10.2. The smallest absolute Gasteiger partial charge is 0.228 e. The van der Waals surface area contributed by atoms with E-state index < -0.39 is 0 Å². The summed E-state index contributed by atoms with van der Waals surface area (Å²) in [6, 6.07) is 13.1. The van der Waals surface area contributed by atoms with Crippen LogP contribution in [0.5, 0.6) is 0 Å². The van der Waals surface area contributed by atoms with Crippen LogP contribution in [-0.2, 0) is 13.5 Å². The van der Waals surface area contributed by atoms with Crippen LogP contribution in [0.15, 0.2) is 61.1 Å². The zero-order chi connectivity index (χ0) is 21.4. The number of nitrogens with zero attached hydrogens (tertiary/aromatic N) is 7. The highest BCUT2D eigenvalue weighted by molar-refractivity contribution is 6.35. The van der Waals surface area contributed by atoms with Crippen LogP contribution in [0.1, 0.15) is 11.4 Å². The Kier molecular flexibility index (Phi) is 5.01. The molecule has 0 aliphatic heterocycles. The summed E-state index contributed by atoms with van der Waals surface area (Å²) < 4.78 is 3.65. The average Bonchev–Trinajstić information content (AvgIpc) is 3.36. The summed E-state index contributed by atoms with van der Waals surface area (Å²) in [6.07, 6.45) is 5.90. The van der Waals surface area contributed by atoms with Gasteiger partial charge in [0.2, 0.25) is 5.95 Å². The van der Waals surface area contributed by atoms with Crippen LogP contribution < -0.4 is 5.32 Å². The topological polar surface area (TPSA) is 85.8 Å². The largest absolute Gasteiger partial charge is 0.309 e. The quantitative estimate of drug-likeness (QED) is 0.422. The molecule has 154 valence electrons. The molecule has 0 bridgehead atoms. The predicted molar refractivity (Wildman–Crippen MR) is 120 cm³/mol. The first-order valence-electron chi connectivity index (χ1n) is 9.43. The summed E-state index contributed by atoms with van der Waals surface area (Å²) in [4.78, 5) is 8.90. The lowest BCUT2D eigenvalue weighted by atomic mass is 10.1. The van der Waals surface area contributed by atoms with Gasteiger partial charge in [0.15, 0.2) is 5.65 Å². The molecule has 1 N–H and O–H groups in total. The van der Waals surface area contributed by atoms with Crippen molar-refractivity contribution in [2.45, 2.75) is 6.42 Å². The van der Waals surface area contributed by atoms with E-state index in [0.29, 0.717) is 22.4 Å². The lowest BCUT2D eigenvalue weighted by molar-refractivity contribution is 0.775. The summed E-state index contributed by atoms with van der Waals surface area (Å²) in [7, 11) is 1.85. The summed E-state index contributed by atoms with van der Waals surface area (Å²) >= 11 is 12.3. The van der Waals surface area contributed by atoms with Crippen LogP contribution in [0, 0.1) is 0 Å². The Morgan fingerprint density at radius 1 is 1.00 bits per heavy atom. The standard InChI is InChI=1S/C21H16Cl2N8/c1-30-18(5-8-25-30)27-21-24-7-4-17(26-21)14-6-9-31-19(28-29-20(31)11-14)10-13-2-3-15(22)12-16(13)23/h2-9,11-12H,10H2,1H3,(H,24,26,27). The first-order chi connectivity index (χ1) is 15.1. The molecule has 0 aliphatic carbocycles. The molecule has 0 aliphatic rings. The summed E-state index contributed by atoms with van der Waals surface area (Å²) in [5.74, 6) is 2.07. The third kappa shape index (κ3) is 3.95. The van der Waals surface area contributed by atoms with Gasteiger partial charge in [0.1, 0.15) is 11.6 Å². The Hall–Kier alpha value is -3.49. The molecule has 5 rings (SSSR count). The molecule has 0 saturated carbocycles. The third-order valence-corrected chi connectivity index (χ3v) is 5.44. The van der Waals surface area contributed by atoms with Crippen molar-refractivity contribution in [3.05, 3.63) is 82.5 Å². The molecule has 5 aromatic rings. The van der Waals surface area contributed by atoms with Crippen molar-refractivity contribution in [2.75, 3.05) is 5.32 Å². The minimum Gasteiger partial charge on any atom is -0.309 e. The Balaban J connectivity index is 1.43. The number of fused-ring (bicyclic) bond motifs is 1. The Bertz CT molecular complexity index is 1390. The van der Waals surface area contributed by atoms with Gasteiger partial charge in [0.25, 0.3) is 0 Å². The van der Waals surface area contributed by atoms with E-state index in [1.165, 1.54) is 0 Å². The molecule has 4 aromatic heterocycles. The van der Waals surface area contributed by atoms with Crippen LogP contribution in [0.3, 0.4) is 0 Å². The zero-order valence-corrected chi connectivity index (χ0v) is 17.9. The van der Waals surface area contributed by atoms with Gasteiger partial charge in [-0.25, -0.2) is 9.97 Å². The number of aryl methyl sites for hydroxylation is 1. The van der Waals surface area contributed by atoms with Crippen LogP contribution in [-0.4, -0.2) is 34.3 Å². The fourth-order valence-corrected chi connectivity index (χ4v) is 3.72. The molecule has 0 radical (unpaired) electrons. The number of pyridine rings is 1. The average molecular weight is 451 g/mol. The highest BCUT2D eigenvalue weighted by Gasteiger charge is 2.11. The van der Waals surface area contributed by atoms with Gasteiger partial charge in [-0.15, -0.1) is 10.2 Å². The third-order valence-electron chi connectivity index (χ3n) is 4.86. The number of aromatic nitrogens is 7. The van der Waals surface area contributed by atoms with E-state index in [2.05, 4.69) is 30.6 Å². The van der Waals surface area contributed by atoms with Crippen LogP contribution in [0.25, 0.3) is 16.9 Å².